The molecule has 30 heavy (non-hydrogen) atoms. The fraction of sp³-hybridized carbons (Fsp3) is 0.417. The maximum atomic E-state index is 13.4. The Morgan fingerprint density at radius 2 is 1.77 bits per heavy atom. The molecule has 2 atom stereocenters. The van der Waals surface area contributed by atoms with Crippen molar-refractivity contribution in [3.63, 3.8) is 0 Å². The SMILES string of the molecule is C[C@](O)(C(=O)N1CCC2(CC1)CC(=O)NC[C@H]2c1ccc(F)cc1)c1ccccc1. The van der Waals surface area contributed by atoms with Crippen LogP contribution in [0.1, 0.15) is 43.2 Å². The number of rotatable bonds is 3. The van der Waals surface area contributed by atoms with Gasteiger partial charge in [0.05, 0.1) is 0 Å². The van der Waals surface area contributed by atoms with Gasteiger partial charge < -0.3 is 15.3 Å². The lowest BCUT2D eigenvalue weighted by Crippen LogP contribution is -2.55. The van der Waals surface area contributed by atoms with E-state index in [4.69, 9.17) is 0 Å². The summed E-state index contributed by atoms with van der Waals surface area (Å²) in [5, 5.41) is 13.9. The molecule has 0 unspecified atom stereocenters. The first-order valence-corrected chi connectivity index (χ1v) is 10.4. The molecule has 158 valence electrons. The van der Waals surface area contributed by atoms with Crippen molar-refractivity contribution in [1.29, 1.82) is 0 Å². The van der Waals surface area contributed by atoms with E-state index in [0.29, 0.717) is 44.5 Å². The summed E-state index contributed by atoms with van der Waals surface area (Å²) in [6, 6.07) is 15.4. The van der Waals surface area contributed by atoms with Crippen LogP contribution in [0, 0.1) is 11.2 Å². The van der Waals surface area contributed by atoms with E-state index >= 15 is 0 Å². The number of benzene rings is 2. The minimum absolute atomic E-state index is 0.0180. The number of likely N-dealkylation sites (tertiary alicyclic amines) is 1. The van der Waals surface area contributed by atoms with Gasteiger partial charge >= 0.3 is 0 Å². The Morgan fingerprint density at radius 1 is 1.13 bits per heavy atom. The molecule has 0 aliphatic carbocycles. The van der Waals surface area contributed by atoms with Crippen LogP contribution < -0.4 is 5.32 Å². The molecule has 2 saturated heterocycles. The van der Waals surface area contributed by atoms with E-state index in [0.717, 1.165) is 5.56 Å². The molecule has 2 fully saturated rings. The van der Waals surface area contributed by atoms with E-state index in [1.54, 1.807) is 41.3 Å². The number of halogens is 1. The number of amides is 2. The lowest BCUT2D eigenvalue weighted by atomic mass is 9.62. The number of nitrogens with zero attached hydrogens (tertiary/aromatic N) is 1. The van der Waals surface area contributed by atoms with Crippen LogP contribution in [0.25, 0.3) is 0 Å². The monoisotopic (exact) mass is 410 g/mol. The lowest BCUT2D eigenvalue weighted by molar-refractivity contribution is -0.154. The number of piperidine rings is 2. The Balaban J connectivity index is 1.53. The molecule has 2 N–H and O–H groups in total. The van der Waals surface area contributed by atoms with Gasteiger partial charge in [-0.1, -0.05) is 42.5 Å². The van der Waals surface area contributed by atoms with Gasteiger partial charge in [0, 0.05) is 32.0 Å². The summed E-state index contributed by atoms with van der Waals surface area (Å²) in [6.45, 7) is 3.00. The largest absolute Gasteiger partial charge is 0.376 e. The zero-order valence-electron chi connectivity index (χ0n) is 17.1. The van der Waals surface area contributed by atoms with Gasteiger partial charge in [-0.2, -0.15) is 0 Å². The van der Waals surface area contributed by atoms with Gasteiger partial charge in [-0.25, -0.2) is 4.39 Å². The zero-order valence-corrected chi connectivity index (χ0v) is 17.1. The van der Waals surface area contributed by atoms with Crippen molar-refractivity contribution in [2.75, 3.05) is 19.6 Å². The third-order valence-electron chi connectivity index (χ3n) is 6.83. The Morgan fingerprint density at radius 3 is 2.40 bits per heavy atom. The Bertz CT molecular complexity index is 919. The van der Waals surface area contributed by atoms with E-state index in [1.165, 1.54) is 19.1 Å². The minimum atomic E-state index is -1.59. The molecule has 2 aromatic carbocycles. The molecule has 0 aromatic heterocycles. The molecule has 0 bridgehead atoms. The molecular formula is C24H27FN2O3. The maximum absolute atomic E-state index is 13.4. The fourth-order valence-corrected chi connectivity index (χ4v) is 4.98. The molecule has 2 amide bonds. The summed E-state index contributed by atoms with van der Waals surface area (Å²) in [5.41, 5.74) is -0.286. The molecule has 2 aliphatic rings. The zero-order chi connectivity index (χ0) is 21.4. The highest BCUT2D eigenvalue weighted by atomic mass is 19.1. The molecule has 0 radical (unpaired) electrons. The van der Waals surface area contributed by atoms with E-state index in [1.807, 2.05) is 6.07 Å². The van der Waals surface area contributed by atoms with Crippen molar-refractivity contribution >= 4 is 11.8 Å². The second-order valence-electron chi connectivity index (χ2n) is 8.68. The highest BCUT2D eigenvalue weighted by molar-refractivity contribution is 5.86. The summed E-state index contributed by atoms with van der Waals surface area (Å²) in [5.74, 6) is -0.509. The number of carbonyl (C=O) groups is 2. The quantitative estimate of drug-likeness (QED) is 0.818. The molecule has 2 aromatic rings. The number of nitrogens with one attached hydrogen (secondary N) is 1. The Kier molecular flexibility index (Phi) is 5.36. The molecule has 0 saturated carbocycles. The summed E-state index contributed by atoms with van der Waals surface area (Å²) >= 11 is 0. The number of hydrogen-bond donors (Lipinski definition) is 2. The predicted octanol–water partition coefficient (Wildman–Crippen LogP) is 2.95. The molecular weight excluding hydrogens is 383 g/mol. The van der Waals surface area contributed by atoms with E-state index in [-0.39, 0.29) is 29.0 Å². The molecule has 2 aliphatic heterocycles. The summed E-state index contributed by atoms with van der Waals surface area (Å²) < 4.78 is 13.4. The lowest BCUT2D eigenvalue weighted by Gasteiger charge is -2.49. The average Bonchev–Trinajstić information content (AvgIpc) is 2.75. The van der Waals surface area contributed by atoms with Crippen LogP contribution in [0.4, 0.5) is 4.39 Å². The first kappa shape index (κ1) is 20.5. The van der Waals surface area contributed by atoms with Crippen molar-refractivity contribution < 1.29 is 19.1 Å². The normalized spacial score (nSPS) is 23.0. The van der Waals surface area contributed by atoms with Gasteiger partial charge in [0.15, 0.2) is 5.60 Å². The topological polar surface area (TPSA) is 69.6 Å². The first-order chi connectivity index (χ1) is 14.3. The number of hydrogen-bond acceptors (Lipinski definition) is 3. The highest BCUT2D eigenvalue weighted by Crippen LogP contribution is 2.49. The van der Waals surface area contributed by atoms with Crippen molar-refractivity contribution in [3.05, 3.63) is 71.5 Å². The van der Waals surface area contributed by atoms with Crippen molar-refractivity contribution in [3.8, 4) is 0 Å². The third kappa shape index (κ3) is 3.72. The van der Waals surface area contributed by atoms with E-state index < -0.39 is 5.60 Å². The highest BCUT2D eigenvalue weighted by Gasteiger charge is 2.48. The van der Waals surface area contributed by atoms with Gasteiger partial charge in [0.2, 0.25) is 5.91 Å². The molecule has 2 heterocycles. The van der Waals surface area contributed by atoms with Crippen LogP contribution in [0.15, 0.2) is 54.6 Å². The number of carbonyl (C=O) groups excluding carboxylic acids is 2. The molecule has 4 rings (SSSR count). The summed E-state index contributed by atoms with van der Waals surface area (Å²) in [4.78, 5) is 27.0. The van der Waals surface area contributed by atoms with Gasteiger partial charge in [-0.15, -0.1) is 0 Å². The minimum Gasteiger partial charge on any atom is -0.376 e. The van der Waals surface area contributed by atoms with E-state index in [9.17, 15) is 19.1 Å². The molecule has 5 nitrogen and oxygen atoms in total. The van der Waals surface area contributed by atoms with Crippen LogP contribution in [-0.2, 0) is 15.2 Å². The standard InChI is InChI=1S/C24H27FN2O3/c1-23(30,18-5-3-2-4-6-18)22(29)27-13-11-24(12-14-27)15-21(28)26-16-20(24)17-7-9-19(25)10-8-17/h2-10,20,30H,11-16H2,1H3,(H,26,28)/t20-,23+/m0/s1. The van der Waals surface area contributed by atoms with Crippen molar-refractivity contribution in [1.82, 2.24) is 10.2 Å². The fourth-order valence-electron chi connectivity index (χ4n) is 4.98. The first-order valence-electron chi connectivity index (χ1n) is 10.4. The smallest absolute Gasteiger partial charge is 0.258 e. The number of aliphatic hydroxyl groups is 1. The van der Waals surface area contributed by atoms with Crippen LogP contribution >= 0.6 is 0 Å². The van der Waals surface area contributed by atoms with Crippen LogP contribution in [0.2, 0.25) is 0 Å². The third-order valence-corrected chi connectivity index (χ3v) is 6.83. The van der Waals surface area contributed by atoms with Gasteiger partial charge in [0.1, 0.15) is 5.82 Å². The second-order valence-corrected chi connectivity index (χ2v) is 8.68. The Labute approximate surface area is 175 Å². The van der Waals surface area contributed by atoms with Crippen molar-refractivity contribution in [2.24, 2.45) is 5.41 Å². The van der Waals surface area contributed by atoms with Crippen LogP contribution in [0.5, 0.6) is 0 Å². The Hall–Kier alpha value is -2.73. The van der Waals surface area contributed by atoms with Gasteiger partial charge in [0.25, 0.3) is 5.91 Å². The van der Waals surface area contributed by atoms with Crippen LogP contribution in [0.3, 0.4) is 0 Å². The molecule has 6 heteroatoms. The average molecular weight is 410 g/mol. The van der Waals surface area contributed by atoms with E-state index in [2.05, 4.69) is 5.32 Å². The van der Waals surface area contributed by atoms with Gasteiger partial charge in [-0.3, -0.25) is 9.59 Å². The maximum Gasteiger partial charge on any atom is 0.258 e. The predicted molar refractivity (Wildman–Crippen MR) is 111 cm³/mol. The van der Waals surface area contributed by atoms with Crippen molar-refractivity contribution in [2.45, 2.75) is 37.7 Å². The van der Waals surface area contributed by atoms with Gasteiger partial charge in [-0.05, 0) is 48.4 Å². The second kappa shape index (κ2) is 7.84. The summed E-state index contributed by atoms with van der Waals surface area (Å²) in [7, 11) is 0. The summed E-state index contributed by atoms with van der Waals surface area (Å²) in [6.07, 6.45) is 1.73. The van der Waals surface area contributed by atoms with Crippen LogP contribution in [-0.4, -0.2) is 41.5 Å². The molecule has 1 spiro atoms.